The second-order valence-electron chi connectivity index (χ2n) is 7.51. The van der Waals surface area contributed by atoms with Gasteiger partial charge in [-0.2, -0.15) is 0 Å². The molecule has 1 heterocycles. The molecule has 2 aromatic carbocycles. The lowest BCUT2D eigenvalue weighted by molar-refractivity contribution is -0.151. The van der Waals surface area contributed by atoms with Crippen LogP contribution in [0.5, 0.6) is 0 Å². The Balaban J connectivity index is 1.53. The molecule has 2 atom stereocenters. The first-order valence-electron chi connectivity index (χ1n) is 9.73. The summed E-state index contributed by atoms with van der Waals surface area (Å²) in [6.07, 6.45) is 0.106. The predicted molar refractivity (Wildman–Crippen MR) is 110 cm³/mol. The fourth-order valence-electron chi connectivity index (χ4n) is 3.49. The van der Waals surface area contributed by atoms with E-state index in [-0.39, 0.29) is 25.0 Å². The predicted octanol–water partition coefficient (Wildman–Crippen LogP) is 3.39. The van der Waals surface area contributed by atoms with Crippen LogP contribution < -0.4 is 5.32 Å². The highest BCUT2D eigenvalue weighted by molar-refractivity contribution is 5.94. The van der Waals surface area contributed by atoms with E-state index in [0.29, 0.717) is 12.2 Å². The lowest BCUT2D eigenvalue weighted by Crippen LogP contribution is -2.30. The molecule has 2 amide bonds. The largest absolute Gasteiger partial charge is 0.455 e. The van der Waals surface area contributed by atoms with Crippen molar-refractivity contribution in [1.29, 1.82) is 0 Å². The molecule has 3 rings (SSSR count). The second-order valence-corrected chi connectivity index (χ2v) is 7.51. The number of ether oxygens (including phenoxy) is 1. The number of hydrogen-bond donors (Lipinski definition) is 1. The number of carbonyl (C=O) groups is 3. The third kappa shape index (κ3) is 5.02. The van der Waals surface area contributed by atoms with Crippen LogP contribution in [0.3, 0.4) is 0 Å². The van der Waals surface area contributed by atoms with Crippen LogP contribution in [0.25, 0.3) is 0 Å². The Bertz CT molecular complexity index is 910. The van der Waals surface area contributed by atoms with Crippen LogP contribution in [-0.4, -0.2) is 35.8 Å². The maximum atomic E-state index is 12.4. The Morgan fingerprint density at radius 2 is 1.90 bits per heavy atom. The zero-order chi connectivity index (χ0) is 21.0. The molecule has 0 aromatic heterocycles. The number of benzene rings is 2. The van der Waals surface area contributed by atoms with Crippen molar-refractivity contribution >= 4 is 23.5 Å². The van der Waals surface area contributed by atoms with Crippen LogP contribution in [0.1, 0.15) is 36.1 Å². The van der Waals surface area contributed by atoms with Crippen molar-refractivity contribution in [2.24, 2.45) is 5.92 Å². The molecule has 1 fully saturated rings. The van der Waals surface area contributed by atoms with Gasteiger partial charge in [-0.25, -0.2) is 0 Å². The lowest BCUT2D eigenvalue weighted by Gasteiger charge is -2.25. The molecule has 29 heavy (non-hydrogen) atoms. The van der Waals surface area contributed by atoms with Crippen molar-refractivity contribution in [3.05, 3.63) is 65.2 Å². The van der Waals surface area contributed by atoms with Gasteiger partial charge in [0, 0.05) is 18.7 Å². The minimum Gasteiger partial charge on any atom is -0.455 e. The summed E-state index contributed by atoms with van der Waals surface area (Å²) >= 11 is 0. The number of anilines is 1. The van der Waals surface area contributed by atoms with E-state index in [9.17, 15) is 14.4 Å². The molecule has 0 aliphatic carbocycles. The third-order valence-electron chi connectivity index (χ3n) is 5.25. The molecule has 1 aliphatic heterocycles. The van der Waals surface area contributed by atoms with Crippen molar-refractivity contribution in [3.8, 4) is 0 Å². The molecule has 1 saturated heterocycles. The highest BCUT2D eigenvalue weighted by Crippen LogP contribution is 2.29. The number of carbonyl (C=O) groups excluding carboxylic acids is 3. The van der Waals surface area contributed by atoms with E-state index >= 15 is 0 Å². The number of aryl methyl sites for hydroxylation is 2. The quantitative estimate of drug-likeness (QED) is 0.762. The van der Waals surface area contributed by atoms with E-state index in [0.717, 1.165) is 16.7 Å². The maximum Gasteiger partial charge on any atom is 0.311 e. The fraction of sp³-hybridized carbons (Fsp3) is 0.348. The average molecular weight is 394 g/mol. The first-order valence-corrected chi connectivity index (χ1v) is 9.73. The topological polar surface area (TPSA) is 75.7 Å². The molecule has 2 aromatic rings. The fourth-order valence-corrected chi connectivity index (χ4v) is 3.49. The van der Waals surface area contributed by atoms with Crippen molar-refractivity contribution in [2.75, 3.05) is 18.5 Å². The monoisotopic (exact) mass is 394 g/mol. The molecule has 0 bridgehead atoms. The SMILES string of the molecule is Cc1ccc(C)c(NC(=O)COC(=O)[C@@H]2CC(=O)N([C@H](C)c3ccccc3)C2)c1. The first-order chi connectivity index (χ1) is 13.8. The van der Waals surface area contributed by atoms with Crippen LogP contribution in [0.2, 0.25) is 0 Å². The first kappa shape index (κ1) is 20.6. The van der Waals surface area contributed by atoms with Gasteiger partial charge >= 0.3 is 5.97 Å². The number of hydrogen-bond acceptors (Lipinski definition) is 4. The summed E-state index contributed by atoms with van der Waals surface area (Å²) in [7, 11) is 0. The third-order valence-corrected chi connectivity index (χ3v) is 5.25. The summed E-state index contributed by atoms with van der Waals surface area (Å²) in [5.74, 6) is -1.55. The summed E-state index contributed by atoms with van der Waals surface area (Å²) in [5, 5.41) is 2.76. The van der Waals surface area contributed by atoms with Crippen LogP contribution in [0, 0.1) is 19.8 Å². The van der Waals surface area contributed by atoms with Crippen molar-refractivity contribution in [1.82, 2.24) is 4.90 Å². The van der Waals surface area contributed by atoms with Crippen LogP contribution in [0.4, 0.5) is 5.69 Å². The molecule has 1 N–H and O–H groups in total. The van der Waals surface area contributed by atoms with Crippen LogP contribution >= 0.6 is 0 Å². The molecular formula is C23H26N2O4. The summed E-state index contributed by atoms with van der Waals surface area (Å²) in [6, 6.07) is 15.3. The summed E-state index contributed by atoms with van der Waals surface area (Å²) < 4.78 is 5.18. The number of likely N-dealkylation sites (tertiary alicyclic amines) is 1. The van der Waals surface area contributed by atoms with E-state index in [1.165, 1.54) is 0 Å². The van der Waals surface area contributed by atoms with Gasteiger partial charge < -0.3 is 15.0 Å². The standard InChI is InChI=1S/C23H26N2O4/c1-15-9-10-16(2)20(11-15)24-21(26)14-29-23(28)19-12-22(27)25(13-19)17(3)18-7-5-4-6-8-18/h4-11,17,19H,12-14H2,1-3H3,(H,24,26)/t17-,19-/m1/s1. The Hall–Kier alpha value is -3.15. The molecule has 0 unspecified atom stereocenters. The summed E-state index contributed by atoms with van der Waals surface area (Å²) in [6.45, 7) is 5.71. The normalized spacial score (nSPS) is 17.1. The van der Waals surface area contributed by atoms with Crippen molar-refractivity contribution in [3.63, 3.8) is 0 Å². The van der Waals surface area contributed by atoms with E-state index in [1.807, 2.05) is 69.3 Å². The number of nitrogens with zero attached hydrogens (tertiary/aromatic N) is 1. The highest BCUT2D eigenvalue weighted by Gasteiger charge is 2.38. The Labute approximate surface area is 170 Å². The zero-order valence-electron chi connectivity index (χ0n) is 17.0. The highest BCUT2D eigenvalue weighted by atomic mass is 16.5. The average Bonchev–Trinajstić information content (AvgIpc) is 3.10. The minimum absolute atomic E-state index is 0.0804. The van der Waals surface area contributed by atoms with E-state index in [2.05, 4.69) is 5.32 Å². The molecule has 6 nitrogen and oxygen atoms in total. The Kier molecular flexibility index (Phi) is 6.32. The van der Waals surface area contributed by atoms with Gasteiger partial charge in [-0.1, -0.05) is 42.5 Å². The van der Waals surface area contributed by atoms with Crippen LogP contribution in [-0.2, 0) is 19.1 Å². The van der Waals surface area contributed by atoms with Crippen molar-refractivity contribution < 1.29 is 19.1 Å². The molecular weight excluding hydrogens is 368 g/mol. The van der Waals surface area contributed by atoms with Gasteiger partial charge in [0.25, 0.3) is 5.91 Å². The van der Waals surface area contributed by atoms with Gasteiger partial charge in [0.1, 0.15) is 0 Å². The van der Waals surface area contributed by atoms with Crippen molar-refractivity contribution in [2.45, 2.75) is 33.2 Å². The molecule has 152 valence electrons. The molecule has 0 radical (unpaired) electrons. The molecule has 0 saturated carbocycles. The van der Waals surface area contributed by atoms with Gasteiger partial charge in [-0.05, 0) is 43.5 Å². The van der Waals surface area contributed by atoms with Gasteiger partial charge in [0.15, 0.2) is 6.61 Å². The molecule has 6 heteroatoms. The van der Waals surface area contributed by atoms with E-state index in [1.54, 1.807) is 4.90 Å². The van der Waals surface area contributed by atoms with Gasteiger partial charge in [-0.3, -0.25) is 14.4 Å². The lowest BCUT2D eigenvalue weighted by atomic mass is 10.1. The maximum absolute atomic E-state index is 12.4. The van der Waals surface area contributed by atoms with E-state index < -0.39 is 17.8 Å². The number of rotatable bonds is 6. The molecule has 0 spiro atoms. The molecule has 1 aliphatic rings. The Morgan fingerprint density at radius 1 is 1.17 bits per heavy atom. The number of esters is 1. The smallest absolute Gasteiger partial charge is 0.311 e. The van der Waals surface area contributed by atoms with Crippen LogP contribution in [0.15, 0.2) is 48.5 Å². The van der Waals surface area contributed by atoms with Gasteiger partial charge in [0.2, 0.25) is 5.91 Å². The minimum atomic E-state index is -0.554. The zero-order valence-corrected chi connectivity index (χ0v) is 17.0. The summed E-state index contributed by atoms with van der Waals surface area (Å²) in [4.78, 5) is 38.6. The number of nitrogens with one attached hydrogen (secondary N) is 1. The van der Waals surface area contributed by atoms with Gasteiger partial charge in [0.05, 0.1) is 12.0 Å². The summed E-state index contributed by atoms with van der Waals surface area (Å²) in [5.41, 5.74) is 3.68. The second kappa shape index (κ2) is 8.90. The Morgan fingerprint density at radius 3 is 2.62 bits per heavy atom. The number of amides is 2. The van der Waals surface area contributed by atoms with E-state index in [4.69, 9.17) is 4.74 Å². The van der Waals surface area contributed by atoms with Gasteiger partial charge in [-0.15, -0.1) is 0 Å².